The largest absolute Gasteiger partial charge is 0.395 e. The van der Waals surface area contributed by atoms with Crippen molar-refractivity contribution in [3.63, 3.8) is 0 Å². The first kappa shape index (κ1) is 17.4. The molecule has 6 heteroatoms. The predicted molar refractivity (Wildman–Crippen MR) is 90.0 cm³/mol. The van der Waals surface area contributed by atoms with E-state index >= 15 is 0 Å². The monoisotopic (exact) mass is 325 g/mol. The molecule has 22 heavy (non-hydrogen) atoms. The topological polar surface area (TPSA) is 64.6 Å². The highest BCUT2D eigenvalue weighted by atomic mass is 32.1. The second-order valence-corrected chi connectivity index (χ2v) is 6.92. The Morgan fingerprint density at radius 1 is 1.50 bits per heavy atom. The molecule has 0 spiro atoms. The first-order chi connectivity index (χ1) is 10.7. The van der Waals surface area contributed by atoms with Crippen LogP contribution in [-0.2, 0) is 4.79 Å². The standard InChI is InChI=1S/C16H27N3O2S/c1-13(15-3-2-10-22-15)18-16(21)12-17-11-14-4-6-19(7-5-14)8-9-20/h2-3,10,13-14,17,20H,4-9,11-12H2,1H3,(H,18,21). The van der Waals surface area contributed by atoms with Gasteiger partial charge in [-0.3, -0.25) is 4.79 Å². The van der Waals surface area contributed by atoms with Gasteiger partial charge in [0, 0.05) is 11.4 Å². The molecule has 1 aliphatic rings. The molecule has 2 heterocycles. The van der Waals surface area contributed by atoms with Crippen LogP contribution in [0.2, 0.25) is 0 Å². The van der Waals surface area contributed by atoms with E-state index in [9.17, 15) is 4.79 Å². The van der Waals surface area contributed by atoms with Gasteiger partial charge in [0.1, 0.15) is 0 Å². The zero-order valence-corrected chi connectivity index (χ0v) is 14.1. The number of β-amino-alcohol motifs (C(OH)–C–C–N with tert-alkyl or cyclic N) is 1. The molecule has 1 atom stereocenters. The summed E-state index contributed by atoms with van der Waals surface area (Å²) in [4.78, 5) is 15.4. The number of nitrogens with zero attached hydrogens (tertiary/aromatic N) is 1. The van der Waals surface area contributed by atoms with Gasteiger partial charge in [-0.1, -0.05) is 6.07 Å². The minimum absolute atomic E-state index is 0.0543. The number of carbonyl (C=O) groups is 1. The van der Waals surface area contributed by atoms with E-state index in [0.717, 1.165) is 39.0 Å². The molecule has 1 aromatic heterocycles. The highest BCUT2D eigenvalue weighted by Gasteiger charge is 2.18. The Hall–Kier alpha value is -0.950. The quantitative estimate of drug-likeness (QED) is 0.672. The van der Waals surface area contributed by atoms with Crippen LogP contribution in [0.4, 0.5) is 0 Å². The average Bonchev–Trinajstić information content (AvgIpc) is 3.04. The molecule has 1 fully saturated rings. The minimum atomic E-state index is 0.0543. The van der Waals surface area contributed by atoms with E-state index in [4.69, 9.17) is 5.11 Å². The lowest BCUT2D eigenvalue weighted by Crippen LogP contribution is -2.41. The molecule has 0 aliphatic carbocycles. The van der Waals surface area contributed by atoms with Crippen molar-refractivity contribution in [3.8, 4) is 0 Å². The van der Waals surface area contributed by atoms with Gasteiger partial charge in [0.05, 0.1) is 19.2 Å². The summed E-state index contributed by atoms with van der Waals surface area (Å²) in [7, 11) is 0. The molecular formula is C16H27N3O2S. The predicted octanol–water partition coefficient (Wildman–Crippen LogP) is 1.22. The van der Waals surface area contributed by atoms with Gasteiger partial charge in [-0.05, 0) is 56.8 Å². The lowest BCUT2D eigenvalue weighted by molar-refractivity contribution is -0.120. The first-order valence-corrected chi connectivity index (χ1v) is 8.93. The van der Waals surface area contributed by atoms with Crippen molar-refractivity contribution in [3.05, 3.63) is 22.4 Å². The SMILES string of the molecule is CC(NC(=O)CNCC1CCN(CCO)CC1)c1cccs1. The van der Waals surface area contributed by atoms with Gasteiger partial charge in [0.15, 0.2) is 0 Å². The molecule has 0 radical (unpaired) electrons. The van der Waals surface area contributed by atoms with Gasteiger partial charge in [0.25, 0.3) is 0 Å². The molecule has 0 saturated carbocycles. The van der Waals surface area contributed by atoms with Gasteiger partial charge in [0.2, 0.25) is 5.91 Å². The van der Waals surface area contributed by atoms with Crippen molar-refractivity contribution in [2.45, 2.75) is 25.8 Å². The fourth-order valence-electron chi connectivity index (χ4n) is 2.85. The molecule has 3 N–H and O–H groups in total. The van der Waals surface area contributed by atoms with E-state index in [-0.39, 0.29) is 18.6 Å². The zero-order valence-electron chi connectivity index (χ0n) is 13.3. The van der Waals surface area contributed by atoms with Gasteiger partial charge < -0.3 is 20.6 Å². The van der Waals surface area contributed by atoms with Crippen molar-refractivity contribution in [1.82, 2.24) is 15.5 Å². The number of thiophene rings is 1. The summed E-state index contributed by atoms with van der Waals surface area (Å²) >= 11 is 1.67. The second kappa shape index (κ2) is 9.25. The van der Waals surface area contributed by atoms with Crippen LogP contribution >= 0.6 is 11.3 Å². The van der Waals surface area contributed by atoms with Gasteiger partial charge >= 0.3 is 0 Å². The average molecular weight is 325 g/mol. The Morgan fingerprint density at radius 3 is 2.91 bits per heavy atom. The number of aliphatic hydroxyl groups is 1. The number of rotatable bonds is 8. The van der Waals surface area contributed by atoms with Crippen molar-refractivity contribution in [2.75, 3.05) is 39.3 Å². The minimum Gasteiger partial charge on any atom is -0.395 e. The van der Waals surface area contributed by atoms with Crippen LogP contribution in [0, 0.1) is 5.92 Å². The van der Waals surface area contributed by atoms with E-state index in [1.54, 1.807) is 11.3 Å². The summed E-state index contributed by atoms with van der Waals surface area (Å²) < 4.78 is 0. The van der Waals surface area contributed by atoms with Crippen molar-refractivity contribution in [2.24, 2.45) is 5.92 Å². The third-order valence-electron chi connectivity index (χ3n) is 4.19. The number of likely N-dealkylation sites (tertiary alicyclic amines) is 1. The molecule has 0 bridgehead atoms. The highest BCUT2D eigenvalue weighted by molar-refractivity contribution is 7.10. The maximum atomic E-state index is 11.9. The molecule has 1 amide bonds. The van der Waals surface area contributed by atoms with E-state index in [2.05, 4.69) is 15.5 Å². The smallest absolute Gasteiger partial charge is 0.234 e. The Balaban J connectivity index is 1.58. The molecule has 1 aromatic rings. The summed E-state index contributed by atoms with van der Waals surface area (Å²) in [5.41, 5.74) is 0. The van der Waals surface area contributed by atoms with Crippen LogP contribution in [-0.4, -0.2) is 55.2 Å². The zero-order chi connectivity index (χ0) is 15.8. The maximum absolute atomic E-state index is 11.9. The molecule has 124 valence electrons. The summed E-state index contributed by atoms with van der Waals surface area (Å²) in [6, 6.07) is 4.13. The maximum Gasteiger partial charge on any atom is 0.234 e. The van der Waals surface area contributed by atoms with Crippen LogP contribution in [0.25, 0.3) is 0 Å². The third-order valence-corrected chi connectivity index (χ3v) is 5.24. The molecule has 1 aliphatic heterocycles. The lowest BCUT2D eigenvalue weighted by Gasteiger charge is -2.31. The van der Waals surface area contributed by atoms with Crippen LogP contribution in [0.15, 0.2) is 17.5 Å². The fourth-order valence-corrected chi connectivity index (χ4v) is 3.58. The normalized spacial score (nSPS) is 18.3. The number of carbonyl (C=O) groups excluding carboxylic acids is 1. The molecule has 5 nitrogen and oxygen atoms in total. The Bertz CT molecular complexity index is 431. The summed E-state index contributed by atoms with van der Waals surface area (Å²) in [5, 5.41) is 17.2. The third kappa shape index (κ3) is 5.68. The Kier molecular flexibility index (Phi) is 7.32. The second-order valence-electron chi connectivity index (χ2n) is 5.94. The molecule has 0 aromatic carbocycles. The van der Waals surface area contributed by atoms with Crippen LogP contribution < -0.4 is 10.6 Å². The first-order valence-electron chi connectivity index (χ1n) is 8.05. The van der Waals surface area contributed by atoms with Gasteiger partial charge in [-0.25, -0.2) is 0 Å². The summed E-state index contributed by atoms with van der Waals surface area (Å²) in [5.74, 6) is 0.691. The lowest BCUT2D eigenvalue weighted by atomic mass is 9.97. The van der Waals surface area contributed by atoms with Crippen LogP contribution in [0.3, 0.4) is 0 Å². The number of piperidine rings is 1. The molecule has 2 rings (SSSR count). The number of nitrogens with one attached hydrogen (secondary N) is 2. The fraction of sp³-hybridized carbons (Fsp3) is 0.688. The van der Waals surface area contributed by atoms with Crippen LogP contribution in [0.1, 0.15) is 30.7 Å². The van der Waals surface area contributed by atoms with Crippen molar-refractivity contribution < 1.29 is 9.90 Å². The van der Waals surface area contributed by atoms with Gasteiger partial charge in [-0.15, -0.1) is 11.3 Å². The summed E-state index contributed by atoms with van der Waals surface area (Å²) in [6.45, 7) is 6.42. The Morgan fingerprint density at radius 2 is 2.27 bits per heavy atom. The Labute approximate surface area is 136 Å². The molecule has 1 unspecified atom stereocenters. The number of hydrogen-bond donors (Lipinski definition) is 3. The van der Waals surface area contributed by atoms with E-state index in [1.807, 2.05) is 24.4 Å². The molecular weight excluding hydrogens is 298 g/mol. The van der Waals surface area contributed by atoms with Crippen molar-refractivity contribution >= 4 is 17.2 Å². The molecule has 1 saturated heterocycles. The number of hydrogen-bond acceptors (Lipinski definition) is 5. The van der Waals surface area contributed by atoms with E-state index in [0.29, 0.717) is 12.5 Å². The van der Waals surface area contributed by atoms with E-state index in [1.165, 1.54) is 4.88 Å². The number of aliphatic hydroxyl groups excluding tert-OH is 1. The van der Waals surface area contributed by atoms with Gasteiger partial charge in [-0.2, -0.15) is 0 Å². The van der Waals surface area contributed by atoms with E-state index < -0.39 is 0 Å². The number of amides is 1. The summed E-state index contributed by atoms with van der Waals surface area (Å²) in [6.07, 6.45) is 2.28. The van der Waals surface area contributed by atoms with Crippen molar-refractivity contribution in [1.29, 1.82) is 0 Å². The highest BCUT2D eigenvalue weighted by Crippen LogP contribution is 2.18. The van der Waals surface area contributed by atoms with Crippen LogP contribution in [0.5, 0.6) is 0 Å².